The van der Waals surface area contributed by atoms with E-state index in [-0.39, 0.29) is 47.1 Å². The zero-order chi connectivity index (χ0) is 29.9. The molecule has 12 nitrogen and oxygen atoms in total. The Hall–Kier alpha value is -4.05. The van der Waals surface area contributed by atoms with Crippen LogP contribution < -0.4 is 15.6 Å². The number of carbonyl (C=O) groups is 2. The molecule has 1 aliphatic heterocycles. The van der Waals surface area contributed by atoms with Gasteiger partial charge in [0.15, 0.2) is 12.4 Å². The van der Waals surface area contributed by atoms with E-state index in [1.165, 1.54) is 21.6 Å². The number of carbonyl (C=O) groups excluding carboxylic acids is 1. The summed E-state index contributed by atoms with van der Waals surface area (Å²) in [6.45, 7) is 12.6. The number of carboxylic acids is 1. The van der Waals surface area contributed by atoms with Crippen molar-refractivity contribution >= 4 is 63.4 Å². The number of hydrogen-bond acceptors (Lipinski definition) is 8. The maximum absolute atomic E-state index is 13.4. The van der Waals surface area contributed by atoms with Gasteiger partial charge in [0, 0.05) is 17.6 Å². The maximum Gasteiger partial charge on any atom is 0.410 e. The highest BCUT2D eigenvalue weighted by molar-refractivity contribution is 6.36. The van der Waals surface area contributed by atoms with Gasteiger partial charge in [-0.15, -0.1) is 0 Å². The molecule has 14 heteroatoms. The van der Waals surface area contributed by atoms with Gasteiger partial charge >= 0.3 is 12.1 Å². The highest BCUT2D eigenvalue weighted by atomic mass is 35.5. The lowest BCUT2D eigenvalue weighted by Crippen LogP contribution is -2.49. The normalized spacial score (nSPS) is 15.3. The van der Waals surface area contributed by atoms with Crippen LogP contribution in [0.15, 0.2) is 35.1 Å². The number of anilines is 2. The minimum Gasteiger partial charge on any atom is -0.479 e. The zero-order valence-electron chi connectivity index (χ0n) is 22.4. The van der Waals surface area contributed by atoms with Crippen LogP contribution >= 0.6 is 23.2 Å². The number of ether oxygens (including phenoxy) is 3. The van der Waals surface area contributed by atoms with E-state index in [4.69, 9.17) is 49.1 Å². The second-order valence-electron chi connectivity index (χ2n) is 10.2. The fraction of sp³-hybridized carbons (Fsp3) is 0.370. The van der Waals surface area contributed by atoms with Gasteiger partial charge < -0.3 is 34.1 Å². The molecule has 216 valence electrons. The Kier molecular flexibility index (Phi) is 8.92. The van der Waals surface area contributed by atoms with Gasteiger partial charge in [-0.3, -0.25) is 4.79 Å². The number of benzene rings is 1. The number of aromatic nitrogens is 2. The molecule has 41 heavy (non-hydrogen) atoms. The van der Waals surface area contributed by atoms with Crippen LogP contribution in [-0.2, 0) is 20.8 Å². The summed E-state index contributed by atoms with van der Waals surface area (Å²) >= 11 is 12.3. The number of nitrogens with zero attached hydrogens (tertiary/aromatic N) is 4. The minimum atomic E-state index is -1.24. The van der Waals surface area contributed by atoms with E-state index in [1.54, 1.807) is 39.0 Å². The smallest absolute Gasteiger partial charge is 0.410 e. The molecule has 1 unspecified atom stereocenters. The van der Waals surface area contributed by atoms with E-state index >= 15 is 0 Å². The summed E-state index contributed by atoms with van der Waals surface area (Å²) in [4.78, 5) is 46.1. The molecule has 2 N–H and O–H groups in total. The summed E-state index contributed by atoms with van der Waals surface area (Å²) < 4.78 is 18.1. The average Bonchev–Trinajstić information content (AvgIpc) is 2.90. The van der Waals surface area contributed by atoms with Crippen LogP contribution in [-0.4, -0.2) is 69.6 Å². The number of halogens is 2. The average molecular weight is 604 g/mol. The van der Waals surface area contributed by atoms with Crippen molar-refractivity contribution in [3.63, 3.8) is 0 Å². The summed E-state index contributed by atoms with van der Waals surface area (Å²) in [7, 11) is 0. The second kappa shape index (κ2) is 12.2. The van der Waals surface area contributed by atoms with Gasteiger partial charge in [0.2, 0.25) is 5.69 Å². The molecule has 0 spiro atoms. The van der Waals surface area contributed by atoms with Crippen molar-refractivity contribution in [3.05, 3.63) is 62.3 Å². The lowest BCUT2D eigenvalue weighted by Gasteiger charge is -2.34. The van der Waals surface area contributed by atoms with Crippen LogP contribution in [0.4, 0.5) is 22.0 Å². The number of fused-ring (bicyclic) bond motifs is 1. The lowest BCUT2D eigenvalue weighted by atomic mass is 10.1. The van der Waals surface area contributed by atoms with Gasteiger partial charge in [0.05, 0.1) is 42.9 Å². The topological polar surface area (TPSA) is 137 Å². The molecule has 1 atom stereocenters. The molecule has 0 saturated carbocycles. The van der Waals surface area contributed by atoms with Gasteiger partial charge in [0.25, 0.3) is 5.56 Å². The van der Waals surface area contributed by atoms with Crippen LogP contribution in [0, 0.1) is 6.57 Å². The number of aliphatic carboxylic acids is 1. The highest BCUT2D eigenvalue weighted by Crippen LogP contribution is 2.33. The molecule has 0 aliphatic carbocycles. The Labute approximate surface area is 245 Å². The number of carboxylic acid groups (broad SMARTS) is 1. The van der Waals surface area contributed by atoms with Crippen molar-refractivity contribution in [1.29, 1.82) is 0 Å². The Morgan fingerprint density at radius 1 is 1.27 bits per heavy atom. The standard InChI is InChI=1S/C27H27Cl2N5O7/c1-27(2,3)41-26(38)33-7-8-39-17(12-33)13-34-20-6-5-16(31-24-18(28)11-19(30-4)23(29)32-24)9-15(20)10-21(25(34)37)40-14-22(35)36/h5-6,9-11,17H,7-8,12-14H2,1-3H3,(H,31,32)(H,35,36). The zero-order valence-corrected chi connectivity index (χ0v) is 24.0. The van der Waals surface area contributed by atoms with Gasteiger partial charge in [-0.25, -0.2) is 19.4 Å². The highest BCUT2D eigenvalue weighted by Gasteiger charge is 2.29. The van der Waals surface area contributed by atoms with Crippen molar-refractivity contribution < 1.29 is 28.9 Å². The van der Waals surface area contributed by atoms with E-state index in [2.05, 4.69) is 15.1 Å². The van der Waals surface area contributed by atoms with Crippen LogP contribution in [0.2, 0.25) is 10.2 Å². The van der Waals surface area contributed by atoms with Crippen molar-refractivity contribution in [2.45, 2.75) is 39.0 Å². The first-order valence-electron chi connectivity index (χ1n) is 12.5. The largest absolute Gasteiger partial charge is 0.479 e. The predicted molar refractivity (Wildman–Crippen MR) is 153 cm³/mol. The van der Waals surface area contributed by atoms with Crippen LogP contribution in [0.1, 0.15) is 20.8 Å². The Morgan fingerprint density at radius 3 is 2.71 bits per heavy atom. The monoisotopic (exact) mass is 603 g/mol. The number of amides is 1. The van der Waals surface area contributed by atoms with Crippen LogP contribution in [0.5, 0.6) is 5.75 Å². The predicted octanol–water partition coefficient (Wildman–Crippen LogP) is 5.10. The van der Waals surface area contributed by atoms with Gasteiger partial charge in [0.1, 0.15) is 16.6 Å². The molecular weight excluding hydrogens is 577 g/mol. The van der Waals surface area contributed by atoms with E-state index in [0.29, 0.717) is 23.1 Å². The van der Waals surface area contributed by atoms with E-state index in [0.717, 1.165) is 0 Å². The molecule has 2 aromatic heterocycles. The summed E-state index contributed by atoms with van der Waals surface area (Å²) in [5, 5.41) is 12.8. The van der Waals surface area contributed by atoms with Crippen molar-refractivity contribution in [2.24, 2.45) is 0 Å². The number of rotatable bonds is 7. The molecule has 1 saturated heterocycles. The number of hydrogen-bond donors (Lipinski definition) is 2. The maximum atomic E-state index is 13.4. The first kappa shape index (κ1) is 29.9. The van der Waals surface area contributed by atoms with Crippen LogP contribution in [0.25, 0.3) is 15.7 Å². The molecule has 0 bridgehead atoms. The SMILES string of the molecule is [C-]#[N+]c1cc(Cl)c(Nc2ccc3c(c2)cc(OCC(=O)O)c(=O)n3CC2CN(C(=O)OC(C)(C)C)CCO2)nc1Cl. The first-order valence-corrected chi connectivity index (χ1v) is 13.2. The molecule has 3 heterocycles. The number of pyridine rings is 2. The first-order chi connectivity index (χ1) is 19.3. The molecule has 1 aromatic carbocycles. The summed E-state index contributed by atoms with van der Waals surface area (Å²) in [5.74, 6) is -1.19. The lowest BCUT2D eigenvalue weighted by molar-refractivity contribution is -0.139. The van der Waals surface area contributed by atoms with Gasteiger partial charge in [-0.1, -0.05) is 23.2 Å². The van der Waals surface area contributed by atoms with Gasteiger partial charge in [-0.05, 0) is 51.1 Å². The summed E-state index contributed by atoms with van der Waals surface area (Å²) in [6.07, 6.45) is -1.02. The summed E-state index contributed by atoms with van der Waals surface area (Å²) in [5.41, 5.74) is -0.0627. The molecule has 1 fully saturated rings. The third kappa shape index (κ3) is 7.38. The van der Waals surface area contributed by atoms with Crippen LogP contribution in [0.3, 0.4) is 0 Å². The van der Waals surface area contributed by atoms with E-state index < -0.39 is 35.9 Å². The minimum absolute atomic E-state index is 0.0150. The summed E-state index contributed by atoms with van der Waals surface area (Å²) in [6, 6.07) is 7.92. The van der Waals surface area contributed by atoms with E-state index in [1.807, 2.05) is 0 Å². The second-order valence-corrected chi connectivity index (χ2v) is 10.9. The molecule has 1 amide bonds. The number of morpholine rings is 1. The quantitative estimate of drug-likeness (QED) is 0.279. The Balaban J connectivity index is 1.67. The Morgan fingerprint density at radius 2 is 2.02 bits per heavy atom. The molecule has 4 rings (SSSR count). The molecule has 1 aliphatic rings. The van der Waals surface area contributed by atoms with Crippen molar-refractivity contribution in [2.75, 3.05) is 31.6 Å². The van der Waals surface area contributed by atoms with E-state index in [9.17, 15) is 14.4 Å². The van der Waals surface area contributed by atoms with Crippen molar-refractivity contribution in [1.82, 2.24) is 14.5 Å². The Bertz CT molecular complexity index is 1600. The molecule has 0 radical (unpaired) electrons. The fourth-order valence-electron chi connectivity index (χ4n) is 4.15. The third-order valence-corrected chi connectivity index (χ3v) is 6.45. The third-order valence-electron chi connectivity index (χ3n) is 5.88. The van der Waals surface area contributed by atoms with Gasteiger partial charge in [-0.2, -0.15) is 0 Å². The molecular formula is C27H27Cl2N5O7. The fourth-order valence-corrected chi connectivity index (χ4v) is 4.52. The number of nitrogens with one attached hydrogen (secondary N) is 1. The molecule has 3 aromatic rings. The van der Waals surface area contributed by atoms with Crippen molar-refractivity contribution in [3.8, 4) is 5.75 Å².